The van der Waals surface area contributed by atoms with E-state index in [1.165, 1.54) is 12.3 Å². The van der Waals surface area contributed by atoms with E-state index < -0.39 is 0 Å². The van der Waals surface area contributed by atoms with Gasteiger partial charge in [-0.2, -0.15) is 0 Å². The van der Waals surface area contributed by atoms with Crippen LogP contribution in [0.25, 0.3) is 0 Å². The van der Waals surface area contributed by atoms with Gasteiger partial charge in [0.15, 0.2) is 5.75 Å². The summed E-state index contributed by atoms with van der Waals surface area (Å²) < 4.78 is 7.22. The molecule has 2 aromatic rings. The first-order valence-corrected chi connectivity index (χ1v) is 8.78. The van der Waals surface area contributed by atoms with Crippen LogP contribution in [0.5, 0.6) is 5.75 Å². The van der Waals surface area contributed by atoms with E-state index >= 15 is 0 Å². The van der Waals surface area contributed by atoms with Crippen molar-refractivity contribution in [1.82, 2.24) is 9.47 Å². The Balaban J connectivity index is 1.78. The predicted molar refractivity (Wildman–Crippen MR) is 97.6 cm³/mol. The molecule has 25 heavy (non-hydrogen) atoms. The van der Waals surface area contributed by atoms with E-state index in [0.717, 1.165) is 31.5 Å². The number of rotatable bonds is 4. The molecule has 0 spiro atoms. The number of amides is 1. The second kappa shape index (κ2) is 7.50. The number of benzene rings is 1. The lowest BCUT2D eigenvalue weighted by Crippen LogP contribution is -2.31. The van der Waals surface area contributed by atoms with Crippen LogP contribution in [-0.4, -0.2) is 28.5 Å². The van der Waals surface area contributed by atoms with Gasteiger partial charge in [0, 0.05) is 41.8 Å². The first-order chi connectivity index (χ1) is 12.0. The number of hydrogen-bond donors (Lipinski definition) is 0. The van der Waals surface area contributed by atoms with Crippen molar-refractivity contribution in [3.05, 3.63) is 62.0 Å². The van der Waals surface area contributed by atoms with Crippen LogP contribution in [0.4, 0.5) is 0 Å². The topological polar surface area (TPSA) is 51.5 Å². The van der Waals surface area contributed by atoms with E-state index in [0.29, 0.717) is 15.7 Å². The van der Waals surface area contributed by atoms with Gasteiger partial charge in [0.2, 0.25) is 5.43 Å². The van der Waals surface area contributed by atoms with Crippen molar-refractivity contribution in [3.63, 3.8) is 0 Å². The van der Waals surface area contributed by atoms with Gasteiger partial charge in [0.1, 0.15) is 12.3 Å². The van der Waals surface area contributed by atoms with Gasteiger partial charge in [-0.25, -0.2) is 0 Å². The maximum atomic E-state index is 12.5. The highest BCUT2D eigenvalue weighted by Gasteiger charge is 2.22. The van der Waals surface area contributed by atoms with Crippen molar-refractivity contribution in [2.75, 3.05) is 13.1 Å². The summed E-state index contributed by atoms with van der Waals surface area (Å²) in [5.41, 5.74) is 0.764. The van der Waals surface area contributed by atoms with Crippen LogP contribution in [0.1, 0.15) is 28.9 Å². The van der Waals surface area contributed by atoms with Crippen molar-refractivity contribution in [2.24, 2.45) is 7.05 Å². The highest BCUT2D eigenvalue weighted by molar-refractivity contribution is 6.35. The minimum atomic E-state index is -0.328. The van der Waals surface area contributed by atoms with E-state index in [-0.39, 0.29) is 23.7 Å². The summed E-state index contributed by atoms with van der Waals surface area (Å²) in [4.78, 5) is 26.6. The van der Waals surface area contributed by atoms with Crippen molar-refractivity contribution in [2.45, 2.75) is 19.4 Å². The number of likely N-dealkylation sites (tertiary alicyclic amines) is 1. The minimum Gasteiger partial charge on any atom is -0.483 e. The smallest absolute Gasteiger partial charge is 0.270 e. The molecule has 1 aliphatic rings. The lowest BCUT2D eigenvalue weighted by atomic mass is 10.2. The minimum absolute atomic E-state index is 0.121. The summed E-state index contributed by atoms with van der Waals surface area (Å²) in [6.45, 7) is 1.62. The Bertz CT molecular complexity index is 858. The number of carbonyl (C=O) groups excluding carboxylic acids is 1. The summed E-state index contributed by atoms with van der Waals surface area (Å²) in [6, 6.07) is 6.42. The molecule has 1 aromatic heterocycles. The molecular formula is C18H18Cl2N2O3. The molecule has 1 fully saturated rings. The standard InChI is InChI=1S/C18H18Cl2N2O3/c1-21-10-17(25-11-12-4-5-13(19)8-14(12)20)16(23)9-15(21)18(24)22-6-2-3-7-22/h4-5,8-10H,2-3,6-7,11H2,1H3. The molecule has 0 saturated carbocycles. The monoisotopic (exact) mass is 380 g/mol. The average molecular weight is 381 g/mol. The number of halogens is 2. The molecule has 0 unspecified atom stereocenters. The SMILES string of the molecule is Cn1cc(OCc2ccc(Cl)cc2Cl)c(=O)cc1C(=O)N1CCCC1. The highest BCUT2D eigenvalue weighted by atomic mass is 35.5. The summed E-state index contributed by atoms with van der Waals surface area (Å²) >= 11 is 12.0. The molecule has 3 rings (SSSR count). The second-order valence-electron chi connectivity index (χ2n) is 6.02. The molecule has 1 amide bonds. The summed E-state index contributed by atoms with van der Waals surface area (Å²) in [5, 5.41) is 1.01. The predicted octanol–water partition coefficient (Wildman–Crippen LogP) is 3.51. The molecule has 1 saturated heterocycles. The van der Waals surface area contributed by atoms with Gasteiger partial charge in [0.05, 0.1) is 6.20 Å². The van der Waals surface area contributed by atoms with Gasteiger partial charge in [-0.1, -0.05) is 29.3 Å². The number of carbonyl (C=O) groups is 1. The fraction of sp³-hybridized carbons (Fsp3) is 0.333. The Hall–Kier alpha value is -1.98. The lowest BCUT2D eigenvalue weighted by Gasteiger charge is -2.18. The molecule has 5 nitrogen and oxygen atoms in total. The Morgan fingerprint density at radius 2 is 1.92 bits per heavy atom. The normalized spacial score (nSPS) is 14.0. The number of hydrogen-bond acceptors (Lipinski definition) is 3. The number of aryl methyl sites for hydroxylation is 1. The van der Waals surface area contributed by atoms with E-state index in [9.17, 15) is 9.59 Å². The molecule has 0 N–H and O–H groups in total. The van der Waals surface area contributed by atoms with Gasteiger partial charge >= 0.3 is 0 Å². The molecule has 0 bridgehead atoms. The zero-order chi connectivity index (χ0) is 18.0. The number of aromatic nitrogens is 1. The number of ether oxygens (including phenoxy) is 1. The number of pyridine rings is 1. The Labute approximate surface area is 155 Å². The second-order valence-corrected chi connectivity index (χ2v) is 6.87. The van der Waals surface area contributed by atoms with E-state index in [4.69, 9.17) is 27.9 Å². The van der Waals surface area contributed by atoms with E-state index in [2.05, 4.69) is 0 Å². The van der Waals surface area contributed by atoms with Crippen molar-refractivity contribution >= 4 is 29.1 Å². The van der Waals surface area contributed by atoms with Crippen LogP contribution in [0.2, 0.25) is 10.0 Å². The molecule has 1 aromatic carbocycles. The van der Waals surface area contributed by atoms with Crippen LogP contribution in [0, 0.1) is 0 Å². The Morgan fingerprint density at radius 1 is 1.20 bits per heavy atom. The highest BCUT2D eigenvalue weighted by Crippen LogP contribution is 2.22. The third-order valence-electron chi connectivity index (χ3n) is 4.21. The fourth-order valence-electron chi connectivity index (χ4n) is 2.80. The van der Waals surface area contributed by atoms with Gasteiger partial charge < -0.3 is 14.2 Å². The molecule has 2 heterocycles. The summed E-state index contributed by atoms with van der Waals surface area (Å²) in [7, 11) is 1.73. The van der Waals surface area contributed by atoms with E-state index in [1.807, 2.05) is 0 Å². The molecule has 0 radical (unpaired) electrons. The van der Waals surface area contributed by atoms with Crippen LogP contribution in [0.3, 0.4) is 0 Å². The van der Waals surface area contributed by atoms with Crippen LogP contribution >= 0.6 is 23.2 Å². The molecule has 132 valence electrons. The van der Waals surface area contributed by atoms with E-state index in [1.54, 1.807) is 34.7 Å². The zero-order valence-corrected chi connectivity index (χ0v) is 15.3. The summed E-state index contributed by atoms with van der Waals surface area (Å²) in [5.74, 6) is 0.0517. The van der Waals surface area contributed by atoms with Crippen LogP contribution in [0.15, 0.2) is 35.3 Å². The molecule has 7 heteroatoms. The third-order valence-corrected chi connectivity index (χ3v) is 4.80. The largest absolute Gasteiger partial charge is 0.483 e. The lowest BCUT2D eigenvalue weighted by molar-refractivity contribution is 0.0782. The maximum Gasteiger partial charge on any atom is 0.270 e. The summed E-state index contributed by atoms with van der Waals surface area (Å²) in [6.07, 6.45) is 3.54. The first-order valence-electron chi connectivity index (χ1n) is 8.02. The quantitative estimate of drug-likeness (QED) is 0.815. The van der Waals surface area contributed by atoms with Crippen molar-refractivity contribution in [1.29, 1.82) is 0 Å². The average Bonchev–Trinajstić information content (AvgIpc) is 3.10. The first kappa shape index (κ1) is 17.8. The Kier molecular flexibility index (Phi) is 5.35. The molecular weight excluding hydrogens is 363 g/mol. The van der Waals surface area contributed by atoms with Gasteiger partial charge in [-0.15, -0.1) is 0 Å². The van der Waals surface area contributed by atoms with Gasteiger partial charge in [0.25, 0.3) is 5.91 Å². The van der Waals surface area contributed by atoms with Gasteiger partial charge in [-0.05, 0) is 25.0 Å². The maximum absolute atomic E-state index is 12.5. The Morgan fingerprint density at radius 3 is 2.60 bits per heavy atom. The third kappa shape index (κ3) is 3.99. The number of nitrogens with zero attached hydrogens (tertiary/aromatic N) is 2. The molecule has 1 aliphatic heterocycles. The molecule has 0 atom stereocenters. The van der Waals surface area contributed by atoms with Crippen molar-refractivity contribution < 1.29 is 9.53 Å². The van der Waals surface area contributed by atoms with Crippen LogP contribution < -0.4 is 10.2 Å². The van der Waals surface area contributed by atoms with Gasteiger partial charge in [-0.3, -0.25) is 9.59 Å². The van der Waals surface area contributed by atoms with Crippen molar-refractivity contribution in [3.8, 4) is 5.75 Å². The zero-order valence-electron chi connectivity index (χ0n) is 13.8. The van der Waals surface area contributed by atoms with Crippen LogP contribution in [-0.2, 0) is 13.7 Å². The fourth-order valence-corrected chi connectivity index (χ4v) is 3.27. The molecule has 0 aliphatic carbocycles.